The smallest absolute Gasteiger partial charge is 0.251 e. The van der Waals surface area contributed by atoms with Crippen LogP contribution >= 0.6 is 0 Å². The van der Waals surface area contributed by atoms with Gasteiger partial charge < -0.3 is 5.32 Å². The molecule has 0 aromatic heterocycles. The second kappa shape index (κ2) is 8.50. The van der Waals surface area contributed by atoms with E-state index in [1.54, 1.807) is 12.1 Å². The Morgan fingerprint density at radius 1 is 1.12 bits per heavy atom. The van der Waals surface area contributed by atoms with Crippen molar-refractivity contribution >= 4 is 15.9 Å². The summed E-state index contributed by atoms with van der Waals surface area (Å²) in [4.78, 5) is 15.0. The molecular formula is C19H31N3O3S. The Balaban J connectivity index is 2.02. The van der Waals surface area contributed by atoms with Gasteiger partial charge in [0.2, 0.25) is 10.0 Å². The second-order valence-electron chi connectivity index (χ2n) is 7.30. The zero-order valence-electron chi connectivity index (χ0n) is 16.3. The van der Waals surface area contributed by atoms with E-state index < -0.39 is 10.0 Å². The van der Waals surface area contributed by atoms with Gasteiger partial charge in [-0.2, -0.15) is 4.31 Å². The highest BCUT2D eigenvalue weighted by atomic mass is 32.2. The maximum atomic E-state index is 12.5. The van der Waals surface area contributed by atoms with E-state index in [1.165, 1.54) is 29.3 Å². The normalized spacial score (nSPS) is 16.2. The first-order valence-corrected chi connectivity index (χ1v) is 10.8. The van der Waals surface area contributed by atoms with Crippen molar-refractivity contribution in [2.45, 2.75) is 51.0 Å². The van der Waals surface area contributed by atoms with Crippen LogP contribution in [-0.4, -0.2) is 61.8 Å². The van der Waals surface area contributed by atoms with E-state index in [2.05, 4.69) is 24.1 Å². The minimum Gasteiger partial charge on any atom is -0.350 e. The van der Waals surface area contributed by atoms with Crippen LogP contribution in [0.3, 0.4) is 0 Å². The lowest BCUT2D eigenvalue weighted by Crippen LogP contribution is -2.50. The first kappa shape index (κ1) is 20.9. The molecule has 1 aromatic carbocycles. The minimum atomic E-state index is -3.50. The number of hydrogen-bond acceptors (Lipinski definition) is 4. The summed E-state index contributed by atoms with van der Waals surface area (Å²) in [5.74, 6) is -0.177. The Morgan fingerprint density at radius 2 is 1.65 bits per heavy atom. The van der Waals surface area contributed by atoms with Crippen LogP contribution in [0.25, 0.3) is 0 Å². The van der Waals surface area contributed by atoms with Crippen molar-refractivity contribution in [3.63, 3.8) is 0 Å². The van der Waals surface area contributed by atoms with Crippen molar-refractivity contribution in [3.8, 4) is 0 Å². The third-order valence-corrected chi connectivity index (χ3v) is 7.17. The van der Waals surface area contributed by atoms with E-state index in [-0.39, 0.29) is 16.3 Å². The maximum absolute atomic E-state index is 12.5. The summed E-state index contributed by atoms with van der Waals surface area (Å²) < 4.78 is 26.4. The molecule has 146 valence electrons. The zero-order valence-corrected chi connectivity index (χ0v) is 17.1. The number of carbonyl (C=O) groups excluding carboxylic acids is 1. The van der Waals surface area contributed by atoms with E-state index in [0.717, 1.165) is 13.1 Å². The molecule has 0 spiro atoms. The number of rotatable bonds is 8. The number of carbonyl (C=O) groups is 1. The summed E-state index contributed by atoms with van der Waals surface area (Å²) in [6, 6.07) is 6.17. The Bertz CT molecular complexity index is 704. The number of hydrogen-bond donors (Lipinski definition) is 1. The average Bonchev–Trinajstić information content (AvgIpc) is 3.16. The maximum Gasteiger partial charge on any atom is 0.251 e. The van der Waals surface area contributed by atoms with Crippen LogP contribution in [0.1, 0.15) is 50.9 Å². The molecule has 1 aliphatic heterocycles. The Labute approximate surface area is 157 Å². The molecular weight excluding hydrogens is 350 g/mol. The molecule has 1 N–H and O–H groups in total. The SMILES string of the molecule is CCN(CC)S(=O)(=O)c1ccc(C(=O)NCC(C)(C)N2CCCC2)cc1. The van der Waals surface area contributed by atoms with Crippen LogP contribution in [0.4, 0.5) is 0 Å². The van der Waals surface area contributed by atoms with Crippen molar-refractivity contribution in [1.29, 1.82) is 0 Å². The van der Waals surface area contributed by atoms with Gasteiger partial charge in [-0.1, -0.05) is 13.8 Å². The minimum absolute atomic E-state index is 0.0851. The highest BCUT2D eigenvalue weighted by Crippen LogP contribution is 2.20. The molecule has 1 saturated heterocycles. The van der Waals surface area contributed by atoms with Crippen molar-refractivity contribution in [1.82, 2.24) is 14.5 Å². The van der Waals surface area contributed by atoms with Gasteiger partial charge >= 0.3 is 0 Å². The molecule has 26 heavy (non-hydrogen) atoms. The van der Waals surface area contributed by atoms with E-state index in [4.69, 9.17) is 0 Å². The van der Waals surface area contributed by atoms with Crippen molar-refractivity contribution in [2.24, 2.45) is 0 Å². The van der Waals surface area contributed by atoms with Crippen LogP contribution in [0.5, 0.6) is 0 Å². The molecule has 1 amide bonds. The van der Waals surface area contributed by atoms with Gasteiger partial charge in [0, 0.05) is 30.7 Å². The predicted octanol–water partition coefficient (Wildman–Crippen LogP) is 2.32. The lowest BCUT2D eigenvalue weighted by molar-refractivity contribution is 0.0902. The molecule has 2 rings (SSSR count). The van der Waals surface area contributed by atoms with Gasteiger partial charge in [-0.25, -0.2) is 8.42 Å². The summed E-state index contributed by atoms with van der Waals surface area (Å²) >= 11 is 0. The number of benzene rings is 1. The van der Waals surface area contributed by atoms with Crippen LogP contribution in [-0.2, 0) is 10.0 Å². The third kappa shape index (κ3) is 4.64. The quantitative estimate of drug-likeness (QED) is 0.750. The van der Waals surface area contributed by atoms with E-state index in [1.807, 2.05) is 13.8 Å². The topological polar surface area (TPSA) is 69.7 Å². The zero-order chi connectivity index (χ0) is 19.4. The highest BCUT2D eigenvalue weighted by molar-refractivity contribution is 7.89. The van der Waals surface area contributed by atoms with Crippen LogP contribution in [0.2, 0.25) is 0 Å². The fourth-order valence-corrected chi connectivity index (χ4v) is 4.78. The van der Waals surface area contributed by atoms with Gasteiger partial charge in [0.1, 0.15) is 0 Å². The summed E-state index contributed by atoms with van der Waals surface area (Å²) in [6.45, 7) is 11.4. The second-order valence-corrected chi connectivity index (χ2v) is 9.24. The summed E-state index contributed by atoms with van der Waals surface area (Å²) in [6.07, 6.45) is 2.42. The molecule has 6 nitrogen and oxygen atoms in total. The van der Waals surface area contributed by atoms with Gasteiger partial charge in [0.15, 0.2) is 0 Å². The predicted molar refractivity (Wildman–Crippen MR) is 104 cm³/mol. The van der Waals surface area contributed by atoms with E-state index in [0.29, 0.717) is 25.2 Å². The number of amides is 1. The Kier molecular flexibility index (Phi) is 6.82. The lowest BCUT2D eigenvalue weighted by Gasteiger charge is -2.35. The summed E-state index contributed by atoms with van der Waals surface area (Å²) in [7, 11) is -3.50. The molecule has 0 saturated carbocycles. The molecule has 1 heterocycles. The van der Waals surface area contributed by atoms with Gasteiger partial charge in [0.05, 0.1) is 4.90 Å². The van der Waals surface area contributed by atoms with E-state index in [9.17, 15) is 13.2 Å². The lowest BCUT2D eigenvalue weighted by atomic mass is 10.0. The monoisotopic (exact) mass is 381 g/mol. The van der Waals surface area contributed by atoms with Crippen LogP contribution in [0.15, 0.2) is 29.2 Å². The van der Waals surface area contributed by atoms with Gasteiger partial charge in [-0.3, -0.25) is 9.69 Å². The fourth-order valence-electron chi connectivity index (χ4n) is 3.32. The van der Waals surface area contributed by atoms with Crippen LogP contribution < -0.4 is 5.32 Å². The molecule has 0 bridgehead atoms. The highest BCUT2D eigenvalue weighted by Gasteiger charge is 2.29. The first-order valence-electron chi connectivity index (χ1n) is 9.36. The molecule has 7 heteroatoms. The average molecular weight is 382 g/mol. The largest absolute Gasteiger partial charge is 0.350 e. The Hall–Kier alpha value is -1.44. The van der Waals surface area contributed by atoms with Gasteiger partial charge in [-0.05, 0) is 64.0 Å². The third-order valence-electron chi connectivity index (χ3n) is 5.10. The summed E-state index contributed by atoms with van der Waals surface area (Å²) in [5.41, 5.74) is 0.388. The molecule has 0 radical (unpaired) electrons. The van der Waals surface area contributed by atoms with Crippen molar-refractivity contribution < 1.29 is 13.2 Å². The molecule has 1 aliphatic rings. The first-order chi connectivity index (χ1) is 12.2. The fraction of sp³-hybridized carbons (Fsp3) is 0.632. The van der Waals surface area contributed by atoms with Gasteiger partial charge in [0.25, 0.3) is 5.91 Å². The summed E-state index contributed by atoms with van der Waals surface area (Å²) in [5, 5.41) is 2.98. The van der Waals surface area contributed by atoms with Crippen molar-refractivity contribution in [2.75, 3.05) is 32.7 Å². The molecule has 1 fully saturated rings. The van der Waals surface area contributed by atoms with Crippen molar-refractivity contribution in [3.05, 3.63) is 29.8 Å². The van der Waals surface area contributed by atoms with E-state index >= 15 is 0 Å². The number of nitrogens with zero attached hydrogens (tertiary/aromatic N) is 2. The molecule has 1 aromatic rings. The molecule has 0 atom stereocenters. The Morgan fingerprint density at radius 3 is 2.15 bits per heavy atom. The number of sulfonamides is 1. The van der Waals surface area contributed by atoms with Crippen LogP contribution in [0, 0.1) is 0 Å². The number of likely N-dealkylation sites (tertiary alicyclic amines) is 1. The standard InChI is InChI=1S/C19H31N3O3S/c1-5-22(6-2)26(24,25)17-11-9-16(10-12-17)18(23)20-15-19(3,4)21-13-7-8-14-21/h9-12H,5-8,13-15H2,1-4H3,(H,20,23). The molecule has 0 unspecified atom stereocenters. The number of nitrogens with one attached hydrogen (secondary N) is 1. The van der Waals surface area contributed by atoms with Gasteiger partial charge in [-0.15, -0.1) is 0 Å². The molecule has 0 aliphatic carbocycles.